The molecule has 28 heteroatoms. The van der Waals surface area contributed by atoms with Gasteiger partial charge in [-0.2, -0.15) is 13.2 Å². The van der Waals surface area contributed by atoms with Crippen LogP contribution in [0.4, 0.5) is 28.9 Å². The lowest BCUT2D eigenvalue weighted by molar-refractivity contribution is -0.137. The maximum atomic E-state index is 15.2. The maximum absolute atomic E-state index is 15.2. The third kappa shape index (κ3) is 19.4. The van der Waals surface area contributed by atoms with Crippen LogP contribution in [0.15, 0.2) is 141 Å². The second-order valence-electron chi connectivity index (χ2n) is 31.4. The van der Waals surface area contributed by atoms with Crippen molar-refractivity contribution in [1.82, 2.24) is 35.0 Å². The summed E-state index contributed by atoms with van der Waals surface area (Å²) in [4.78, 5) is 81.7. The smallest absolute Gasteiger partial charge is 0.393 e. The van der Waals surface area contributed by atoms with Crippen LogP contribution in [0.25, 0.3) is 16.0 Å². The molecule has 108 heavy (non-hydrogen) atoms. The number of anilines is 2. The van der Waals surface area contributed by atoms with Crippen molar-refractivity contribution in [3.05, 3.63) is 160 Å². The number of sulfonamides is 1. The monoisotopic (exact) mass is 1580 g/mol. The number of rotatable bonds is 29. The highest BCUT2D eigenvalue weighted by molar-refractivity contribution is 7.99. The van der Waals surface area contributed by atoms with Gasteiger partial charge in [0, 0.05) is 123 Å². The SMILES string of the molecule is Cc1ncsc1-c1ccc([C@H](C)NC(=O)[C@@H]2C[C@@H](O)CC2C(=O)[C@@H](NC(=O)CCCCCC(=O)N2C[C@H]3CN(CC[C@H](CSc4ccccc4)Nc4ccc(S(=O)(=O)NC(=O)c5ccc(N6CCN(CC7=C(c8ccc(Cl)cc8F)CCC8(CC8)C7)CC6)cc5)cc4S(=O)(=O)C(F)(F)F)C[C@H]3C2)C(C)(C)C)cc1. The van der Waals surface area contributed by atoms with Gasteiger partial charge in [0.05, 0.1) is 50.8 Å². The molecule has 0 radical (unpaired) electrons. The van der Waals surface area contributed by atoms with E-state index < -0.39 is 82.2 Å². The number of aromatic nitrogens is 1. The van der Waals surface area contributed by atoms with Crippen LogP contribution in [-0.2, 0) is 39.0 Å². The van der Waals surface area contributed by atoms with E-state index >= 15 is 4.39 Å². The van der Waals surface area contributed by atoms with Gasteiger partial charge < -0.3 is 35.8 Å². The van der Waals surface area contributed by atoms with Crippen molar-refractivity contribution < 1.29 is 63.5 Å². The molecule has 3 aliphatic carbocycles. The number of nitrogens with zero attached hydrogens (tertiary/aromatic N) is 5. The van der Waals surface area contributed by atoms with E-state index in [4.69, 9.17) is 11.6 Å². The minimum absolute atomic E-state index is 0.00610. The van der Waals surface area contributed by atoms with E-state index in [0.29, 0.717) is 107 Å². The Morgan fingerprint density at radius 1 is 0.787 bits per heavy atom. The number of aliphatic hydroxyl groups excluding tert-OH is 1. The fourth-order valence-corrected chi connectivity index (χ4v) is 20.2. The lowest BCUT2D eigenvalue weighted by Crippen LogP contribution is -2.52. The van der Waals surface area contributed by atoms with Crippen LogP contribution in [0.3, 0.4) is 0 Å². The Labute approximate surface area is 643 Å². The summed E-state index contributed by atoms with van der Waals surface area (Å²) in [5.74, 6) is -3.32. The number of unbranched alkanes of at least 4 members (excludes halogenated alkanes) is 2. The lowest BCUT2D eigenvalue weighted by Gasteiger charge is -2.38. The van der Waals surface area contributed by atoms with Crippen molar-refractivity contribution in [3.63, 3.8) is 0 Å². The number of Topliss-reactive ketones (excluding diaryl/α,β-unsaturated/α-hetero) is 1. The van der Waals surface area contributed by atoms with Crippen molar-refractivity contribution in [3.8, 4) is 10.4 Å². The predicted molar refractivity (Wildman–Crippen MR) is 413 cm³/mol. The van der Waals surface area contributed by atoms with Gasteiger partial charge in [-0.1, -0.05) is 92.9 Å². The molecule has 5 fully saturated rings. The lowest BCUT2D eigenvalue weighted by atomic mass is 9.77. The van der Waals surface area contributed by atoms with Crippen LogP contribution in [0.2, 0.25) is 5.02 Å². The Morgan fingerprint density at radius 2 is 1.47 bits per heavy atom. The number of hydrogen-bond acceptors (Lipinski definition) is 17. The van der Waals surface area contributed by atoms with E-state index in [2.05, 4.69) is 35.6 Å². The molecule has 5 N–H and O–H groups in total. The first-order valence-electron chi connectivity index (χ1n) is 37.3. The summed E-state index contributed by atoms with van der Waals surface area (Å²) in [6.45, 7) is 15.7. The number of amides is 4. The number of alkyl halides is 3. The first-order valence-corrected chi connectivity index (χ1v) is 42.5. The number of aliphatic hydroxyl groups is 1. The molecule has 3 aliphatic heterocycles. The van der Waals surface area contributed by atoms with Gasteiger partial charge in [0.25, 0.3) is 25.8 Å². The Hall–Kier alpha value is -7.24. The molecule has 1 unspecified atom stereocenters. The number of carbonyl (C=O) groups excluding carboxylic acids is 5. The molecule has 580 valence electrons. The third-order valence-corrected chi connectivity index (χ3v) is 27.8. The van der Waals surface area contributed by atoms with Gasteiger partial charge in [0.1, 0.15) is 10.7 Å². The molecule has 5 aromatic carbocycles. The first-order chi connectivity index (χ1) is 51.3. The molecule has 12 rings (SSSR count). The average Bonchev–Trinajstić information content (AvgIpc) is 1.34. The van der Waals surface area contributed by atoms with Crippen LogP contribution in [0.1, 0.15) is 144 Å². The number of halogens is 5. The van der Waals surface area contributed by atoms with Gasteiger partial charge in [-0.25, -0.2) is 30.9 Å². The zero-order chi connectivity index (χ0) is 77.0. The average molecular weight is 1580 g/mol. The number of sulfone groups is 1. The van der Waals surface area contributed by atoms with Crippen molar-refractivity contribution in [2.24, 2.45) is 34.5 Å². The largest absolute Gasteiger partial charge is 0.501 e. The minimum Gasteiger partial charge on any atom is -0.393 e. The number of thiazole rings is 1. The van der Waals surface area contributed by atoms with Gasteiger partial charge in [0.15, 0.2) is 5.78 Å². The van der Waals surface area contributed by atoms with Crippen LogP contribution in [-0.4, -0.2) is 166 Å². The molecule has 3 saturated heterocycles. The van der Waals surface area contributed by atoms with Crippen molar-refractivity contribution in [1.29, 1.82) is 0 Å². The van der Waals surface area contributed by atoms with E-state index in [1.54, 1.807) is 41.1 Å². The van der Waals surface area contributed by atoms with E-state index in [-0.39, 0.29) is 84.2 Å². The molecule has 1 aromatic heterocycles. The molecular formula is C80H96ClF4N9O10S4. The number of nitrogens with one attached hydrogen (secondary N) is 4. The standard InChI is InChI=1S/C80H96ClF4N9O10S4/c1-50(52-16-18-53(19-17-52)74-51(2)86-49-106-74)87-77(100)67-40-61(95)39-66(67)73(98)75(78(3,4)5)89-71(96)14-10-7-11-15-72(97)94-46-56-44-92(45-57(56)47-94)33-29-59(48-105-62-12-8-6-9-13-62)88-69-27-25-63(41-70(69)107(101,102)80(83,84)85)108(103,104)90-76(99)54-20-23-60(24-21-54)93-36-34-91(35-37-93)43-55-42-79(31-32-79)30-28-64(55)65-26-22-58(81)38-68(65)82/h6,8-9,12-13,16-27,38,41,49-50,56-57,59,61,66-67,75,88,95H,7,10-11,14-15,28-37,39-40,42-48H2,1-5H3,(H,87,100)(H,89,96)(H,90,99)/t50-,56-,57+,59+,61-,66?,67+,75+/m0/s1. The van der Waals surface area contributed by atoms with E-state index in [1.807, 2.05) is 98.8 Å². The van der Waals surface area contributed by atoms with Crippen molar-refractivity contribution in [2.75, 3.05) is 81.4 Å². The third-order valence-electron chi connectivity index (χ3n) is 22.5. The number of piperazine rings is 1. The van der Waals surface area contributed by atoms with Gasteiger partial charge >= 0.3 is 5.51 Å². The number of fused-ring (bicyclic) bond motifs is 1. The Bertz CT molecular complexity index is 4520. The molecule has 2 saturated carbocycles. The van der Waals surface area contributed by atoms with Gasteiger partial charge in [0.2, 0.25) is 17.7 Å². The zero-order valence-corrected chi connectivity index (χ0v) is 65.5. The summed E-state index contributed by atoms with van der Waals surface area (Å²) in [6.07, 6.45) is 6.90. The fourth-order valence-electron chi connectivity index (χ4n) is 16.2. The second kappa shape index (κ2) is 33.8. The highest BCUT2D eigenvalue weighted by Gasteiger charge is 2.51. The molecule has 8 atom stereocenters. The predicted octanol–water partition coefficient (Wildman–Crippen LogP) is 13.5. The Balaban J connectivity index is 0.604. The number of ketones is 1. The van der Waals surface area contributed by atoms with Crippen LogP contribution < -0.4 is 25.6 Å². The summed E-state index contributed by atoms with van der Waals surface area (Å²) in [5, 5.41) is 20.2. The molecule has 6 aromatic rings. The fraction of sp³-hybridized carbons (Fsp3) is 0.500. The Kier molecular flexibility index (Phi) is 25.1. The molecular weight excluding hydrogens is 1490 g/mol. The van der Waals surface area contributed by atoms with Crippen molar-refractivity contribution >= 4 is 101 Å². The summed E-state index contributed by atoms with van der Waals surface area (Å²) < 4.78 is 116. The summed E-state index contributed by atoms with van der Waals surface area (Å²) in [5.41, 5.74) is 1.61. The number of thioether (sulfide) groups is 1. The molecule has 1 spiro atoms. The topological polar surface area (TPSA) is 248 Å². The summed E-state index contributed by atoms with van der Waals surface area (Å²) in [7, 11) is -11.1. The number of hydrogen-bond donors (Lipinski definition) is 5. The number of carbonyl (C=O) groups is 5. The normalized spacial score (nSPS) is 21.3. The summed E-state index contributed by atoms with van der Waals surface area (Å²) in [6, 6.07) is 28.7. The number of likely N-dealkylation sites (tertiary alicyclic amines) is 2. The molecule has 4 amide bonds. The van der Waals surface area contributed by atoms with Crippen LogP contribution >= 0.6 is 34.7 Å². The molecule has 0 bridgehead atoms. The molecule has 6 aliphatic rings. The van der Waals surface area contributed by atoms with Gasteiger partial charge in [-0.15, -0.1) is 23.1 Å². The molecule has 4 heterocycles. The summed E-state index contributed by atoms with van der Waals surface area (Å²) >= 11 is 9.07. The van der Waals surface area contributed by atoms with Crippen LogP contribution in [0.5, 0.6) is 0 Å². The van der Waals surface area contributed by atoms with E-state index in [9.17, 15) is 59.1 Å². The molecule has 19 nitrogen and oxygen atoms in total. The highest BCUT2D eigenvalue weighted by Crippen LogP contribution is 2.59. The number of benzene rings is 5. The van der Waals surface area contributed by atoms with E-state index in [1.165, 1.54) is 48.4 Å². The second-order valence-corrected chi connectivity index (χ2v) is 37.3. The first kappa shape index (κ1) is 80.3. The number of aryl methyl sites for hydroxylation is 1. The van der Waals surface area contributed by atoms with E-state index in [0.717, 1.165) is 75.8 Å². The Morgan fingerprint density at radius 3 is 2.12 bits per heavy atom. The highest BCUT2D eigenvalue weighted by atomic mass is 35.5. The van der Waals surface area contributed by atoms with Gasteiger partial charge in [-0.3, -0.25) is 28.9 Å². The number of allylic oxidation sites excluding steroid dienone is 1. The van der Waals surface area contributed by atoms with Crippen molar-refractivity contribution in [2.45, 2.75) is 163 Å². The zero-order valence-electron chi connectivity index (χ0n) is 61.5. The quantitative estimate of drug-likeness (QED) is 0.0166. The van der Waals surface area contributed by atoms with Crippen LogP contribution in [0, 0.1) is 47.2 Å². The maximum Gasteiger partial charge on any atom is 0.501 e. The van der Waals surface area contributed by atoms with Gasteiger partial charge in [-0.05, 0) is 184 Å². The minimum atomic E-state index is -6.19.